The summed E-state index contributed by atoms with van der Waals surface area (Å²) in [6.45, 7) is 20.5. The largest absolute Gasteiger partial charge is 2.00 e. The number of carbonyl (C=O) groups is 2. The van der Waals surface area contributed by atoms with Gasteiger partial charge in [-0.2, -0.15) is 0 Å². The second kappa shape index (κ2) is 31.9. The van der Waals surface area contributed by atoms with Gasteiger partial charge in [-0.1, -0.05) is 104 Å². The number of phenolic OH excluding ortho intramolecular Hbond substituents is 2. The summed E-state index contributed by atoms with van der Waals surface area (Å²) >= 11 is 0. The van der Waals surface area contributed by atoms with Crippen molar-refractivity contribution in [2.45, 2.75) is 185 Å². The van der Waals surface area contributed by atoms with Gasteiger partial charge in [0.2, 0.25) is 0 Å². The Morgan fingerprint density at radius 2 is 0.761 bits per heavy atom. The molecule has 0 unspecified atom stereocenters. The molecule has 0 spiro atoms. The van der Waals surface area contributed by atoms with E-state index in [0.29, 0.717) is 24.0 Å². The smallest absolute Gasteiger partial charge is 0.545 e. The molecule has 0 fully saturated rings. The fourth-order valence-corrected chi connectivity index (χ4v) is 8.05. The number of phenols is 4. The maximum absolute atomic E-state index is 10.9. The molecule has 0 radical (unpaired) electrons. The zero-order chi connectivity index (χ0) is 49.3. The number of rotatable bonds is 23. The molecule has 0 atom stereocenters. The Morgan fingerprint density at radius 3 is 1.10 bits per heavy atom. The molecule has 0 bridgehead atoms. The van der Waals surface area contributed by atoms with Gasteiger partial charge in [0.15, 0.2) is 23.0 Å². The summed E-state index contributed by atoms with van der Waals surface area (Å²) in [4.78, 5) is 32.2. The van der Waals surface area contributed by atoms with E-state index in [0.717, 1.165) is 80.3 Å². The van der Waals surface area contributed by atoms with Crippen LogP contribution in [0.1, 0.15) is 196 Å². The molecule has 4 rings (SSSR count). The van der Waals surface area contributed by atoms with Crippen molar-refractivity contribution in [3.63, 3.8) is 0 Å². The van der Waals surface area contributed by atoms with Crippen LogP contribution in [0.2, 0.25) is 0 Å². The number of carboxylic acids is 2. The SMILES string of the molecule is CCCCCCCCC(=Nc1cc(C)cc(C)c1)C(CCCC)=Nc1cc(C)cc(C)c1.CCCCCc1cc(O)c(O)c(C(=O)[O-])c1C.CCCCCc1cc(O)c(O)c(C(=O)[O-])c1C.[Pd+2]. The number of aromatic carboxylic acids is 2. The van der Waals surface area contributed by atoms with Crippen LogP contribution in [-0.4, -0.2) is 43.8 Å². The number of unbranched alkanes of at least 4 members (excludes halogenated alkanes) is 10. The van der Waals surface area contributed by atoms with E-state index >= 15 is 0 Å². The van der Waals surface area contributed by atoms with Crippen LogP contribution in [0.15, 0.2) is 58.5 Å². The van der Waals surface area contributed by atoms with E-state index in [1.807, 2.05) is 0 Å². The first-order valence-electron chi connectivity index (χ1n) is 24.2. The molecule has 11 heteroatoms. The van der Waals surface area contributed by atoms with Gasteiger partial charge in [-0.3, -0.25) is 9.98 Å². The van der Waals surface area contributed by atoms with Crippen LogP contribution in [0.5, 0.6) is 23.0 Å². The Labute approximate surface area is 415 Å². The van der Waals surface area contributed by atoms with Crippen LogP contribution in [0, 0.1) is 41.5 Å². The molecule has 0 heterocycles. The molecule has 4 aromatic carbocycles. The number of aromatic hydroxyl groups is 4. The second-order valence-corrected chi connectivity index (χ2v) is 17.7. The predicted molar refractivity (Wildman–Crippen MR) is 268 cm³/mol. The molecule has 0 aromatic heterocycles. The first-order chi connectivity index (χ1) is 31.4. The van der Waals surface area contributed by atoms with E-state index in [4.69, 9.17) is 9.98 Å². The summed E-state index contributed by atoms with van der Waals surface area (Å²) in [5.74, 6) is -4.95. The fourth-order valence-electron chi connectivity index (χ4n) is 8.05. The minimum atomic E-state index is -1.47. The maximum Gasteiger partial charge on any atom is 2.00 e. The Morgan fingerprint density at radius 1 is 0.448 bits per heavy atom. The van der Waals surface area contributed by atoms with Gasteiger partial charge < -0.3 is 40.2 Å². The second-order valence-electron chi connectivity index (χ2n) is 17.7. The van der Waals surface area contributed by atoms with Gasteiger partial charge in [0, 0.05) is 11.1 Å². The Bertz CT molecular complexity index is 2130. The molecule has 67 heavy (non-hydrogen) atoms. The van der Waals surface area contributed by atoms with Crippen LogP contribution in [0.3, 0.4) is 0 Å². The molecule has 10 nitrogen and oxygen atoms in total. The molecule has 4 N–H and O–H groups in total. The van der Waals surface area contributed by atoms with Gasteiger partial charge in [0.1, 0.15) is 0 Å². The van der Waals surface area contributed by atoms with Crippen molar-refractivity contribution < 1.29 is 60.7 Å². The molecular weight excluding hydrogens is 935 g/mol. The fraction of sp³-hybridized carbons (Fsp3) is 0.500. The van der Waals surface area contributed by atoms with E-state index in [1.54, 1.807) is 13.8 Å². The van der Waals surface area contributed by atoms with Gasteiger partial charge in [-0.15, -0.1) is 0 Å². The third-order valence-electron chi connectivity index (χ3n) is 11.6. The summed E-state index contributed by atoms with van der Waals surface area (Å²) in [6, 6.07) is 16.1. The summed E-state index contributed by atoms with van der Waals surface area (Å²) in [5.41, 5.74) is 11.3. The van der Waals surface area contributed by atoms with Crippen molar-refractivity contribution in [2.24, 2.45) is 9.98 Å². The molecule has 4 aromatic rings. The number of carboxylic acid groups (broad SMARTS) is 2. The molecule has 0 aliphatic rings. The van der Waals surface area contributed by atoms with E-state index in [-0.39, 0.29) is 31.5 Å². The number of aliphatic imine (C=N–C) groups is 2. The zero-order valence-corrected chi connectivity index (χ0v) is 43.5. The van der Waals surface area contributed by atoms with E-state index < -0.39 is 34.9 Å². The molecule has 0 saturated carbocycles. The standard InChI is InChI=1S/C30H44N2.2C13H18O4.Pd/c1-7-9-11-12-13-14-16-30(32-28-21-25(5)18-26(6)22-28)29(15-10-8-2)31-27-19-23(3)17-24(4)20-27;2*1-3-4-5-6-9-7-10(14)12(15)11(8(9)2)13(16)17;/h17-22H,7-16H2,1-6H3;2*7,14-15H,3-6H2,1-2H3,(H,16,17);/q;;;+2/p-2. The van der Waals surface area contributed by atoms with Crippen LogP contribution in [-0.2, 0) is 33.3 Å². The van der Waals surface area contributed by atoms with Gasteiger partial charge >= 0.3 is 20.4 Å². The van der Waals surface area contributed by atoms with Gasteiger partial charge in [-0.25, -0.2) is 0 Å². The summed E-state index contributed by atoms with van der Waals surface area (Å²) in [6.07, 6.45) is 19.5. The Hall–Kier alpha value is -4.98. The van der Waals surface area contributed by atoms with Crippen molar-refractivity contribution in [3.05, 3.63) is 104 Å². The van der Waals surface area contributed by atoms with E-state index in [1.165, 1.54) is 90.8 Å². The van der Waals surface area contributed by atoms with Gasteiger partial charge in [0.25, 0.3) is 0 Å². The van der Waals surface area contributed by atoms with Crippen molar-refractivity contribution in [3.8, 4) is 23.0 Å². The van der Waals surface area contributed by atoms with Crippen molar-refractivity contribution in [1.29, 1.82) is 0 Å². The first-order valence-corrected chi connectivity index (χ1v) is 24.2. The van der Waals surface area contributed by atoms with Crippen molar-refractivity contribution >= 4 is 34.7 Å². The van der Waals surface area contributed by atoms with Crippen LogP contribution in [0.25, 0.3) is 0 Å². The maximum atomic E-state index is 10.9. The quantitative estimate of drug-likeness (QED) is 0.0245. The van der Waals surface area contributed by atoms with Crippen LogP contribution in [0.4, 0.5) is 11.4 Å². The summed E-state index contributed by atoms with van der Waals surface area (Å²) < 4.78 is 0. The number of benzene rings is 4. The predicted octanol–water partition coefficient (Wildman–Crippen LogP) is 12.7. The Balaban J connectivity index is 0.000000544. The third kappa shape index (κ3) is 20.8. The monoisotopic (exact) mass is 1010 g/mol. The minimum Gasteiger partial charge on any atom is -0.545 e. The Kier molecular flexibility index (Phi) is 28.6. The van der Waals surface area contributed by atoms with Crippen molar-refractivity contribution in [1.82, 2.24) is 0 Å². The van der Waals surface area contributed by atoms with E-state index in [9.17, 15) is 40.2 Å². The third-order valence-corrected chi connectivity index (χ3v) is 11.6. The van der Waals surface area contributed by atoms with Gasteiger partial charge in [0.05, 0.1) is 34.7 Å². The molecule has 0 amide bonds. The van der Waals surface area contributed by atoms with Crippen LogP contribution < -0.4 is 10.2 Å². The number of carbonyl (C=O) groups excluding carboxylic acids is 2. The minimum absolute atomic E-state index is 0. The molecule has 0 saturated heterocycles. The summed E-state index contributed by atoms with van der Waals surface area (Å²) in [7, 11) is 0. The molecular formula is C56H78N2O8Pd. The van der Waals surface area contributed by atoms with Crippen LogP contribution >= 0.6 is 0 Å². The average molecular weight is 1010 g/mol. The average Bonchev–Trinajstić information content (AvgIpc) is 3.24. The number of hydrogen-bond acceptors (Lipinski definition) is 10. The first kappa shape index (κ1) is 60.0. The number of hydrogen-bond donors (Lipinski definition) is 4. The van der Waals surface area contributed by atoms with Crippen molar-refractivity contribution in [2.75, 3.05) is 0 Å². The number of aryl methyl sites for hydroxylation is 6. The van der Waals surface area contributed by atoms with Gasteiger partial charge in [-0.05, 0) is 174 Å². The molecule has 0 aliphatic carbocycles. The van der Waals surface area contributed by atoms with E-state index in [2.05, 4.69) is 91.8 Å². The zero-order valence-electron chi connectivity index (χ0n) is 42.0. The summed E-state index contributed by atoms with van der Waals surface area (Å²) in [5, 5.41) is 59.7. The number of nitrogens with zero attached hydrogens (tertiary/aromatic N) is 2. The molecule has 0 aliphatic heterocycles. The topological polar surface area (TPSA) is 186 Å². The normalized spacial score (nSPS) is 11.3. The molecule has 370 valence electrons.